The third-order valence-electron chi connectivity index (χ3n) is 3.78. The Kier molecular flexibility index (Phi) is 5.11. The molecule has 0 amide bonds. The summed E-state index contributed by atoms with van der Waals surface area (Å²) in [5, 5.41) is 16.4. The van der Waals surface area contributed by atoms with Crippen molar-refractivity contribution in [2.24, 2.45) is 10.1 Å². The van der Waals surface area contributed by atoms with Crippen LogP contribution in [0.25, 0.3) is 0 Å². The van der Waals surface area contributed by atoms with E-state index in [-0.39, 0.29) is 16.3 Å². The lowest BCUT2D eigenvalue weighted by Gasteiger charge is -2.09. The summed E-state index contributed by atoms with van der Waals surface area (Å²) in [6.07, 6.45) is 0. The van der Waals surface area contributed by atoms with Gasteiger partial charge in [0.05, 0.1) is 16.3 Å². The average Bonchev–Trinajstić information content (AvgIpc) is 2.66. The van der Waals surface area contributed by atoms with Gasteiger partial charge in [0.2, 0.25) is 10.0 Å². The molecule has 3 rings (SSSR count). The summed E-state index contributed by atoms with van der Waals surface area (Å²) >= 11 is 0. The summed E-state index contributed by atoms with van der Waals surface area (Å²) in [5.74, 6) is 0. The molecule has 0 bridgehead atoms. The maximum atomic E-state index is 11.9. The molecule has 0 saturated carbocycles. The van der Waals surface area contributed by atoms with Crippen molar-refractivity contribution >= 4 is 27.1 Å². The van der Waals surface area contributed by atoms with Gasteiger partial charge in [-0.3, -0.25) is 10.1 Å². The first-order valence-corrected chi connectivity index (χ1v) is 9.41. The number of aliphatic imine (C=N–C) groups is 1. The lowest BCUT2D eigenvalue weighted by atomic mass is 10.0. The van der Waals surface area contributed by atoms with Crippen LogP contribution in [-0.2, 0) is 10.0 Å². The zero-order valence-electron chi connectivity index (χ0n) is 14.0. The maximum Gasteiger partial charge on any atom is 0.270 e. The Bertz CT molecular complexity index is 1130. The second kappa shape index (κ2) is 7.48. The molecule has 0 aromatic heterocycles. The minimum Gasteiger partial charge on any atom is -0.258 e. The Morgan fingerprint density at radius 3 is 2.19 bits per heavy atom. The van der Waals surface area contributed by atoms with E-state index in [0.29, 0.717) is 16.8 Å². The fourth-order valence-corrected chi connectivity index (χ4v) is 3.24. The molecule has 0 atom stereocenters. The van der Waals surface area contributed by atoms with Gasteiger partial charge in [0.15, 0.2) is 0 Å². The van der Waals surface area contributed by atoms with Crippen LogP contribution in [0.15, 0.2) is 88.8 Å². The summed E-state index contributed by atoms with van der Waals surface area (Å²) in [5.41, 5.74) is 1.64. The van der Waals surface area contributed by atoms with Crippen LogP contribution < -0.4 is 5.14 Å². The molecule has 2 N–H and O–H groups in total. The highest BCUT2D eigenvalue weighted by atomic mass is 32.2. The minimum atomic E-state index is -3.98. The van der Waals surface area contributed by atoms with E-state index < -0.39 is 14.9 Å². The van der Waals surface area contributed by atoms with Crippen LogP contribution in [0.4, 0.5) is 11.4 Å². The van der Waals surface area contributed by atoms with Gasteiger partial charge in [-0.15, -0.1) is 0 Å². The van der Waals surface area contributed by atoms with Crippen molar-refractivity contribution < 1.29 is 13.3 Å². The summed E-state index contributed by atoms with van der Waals surface area (Å²) in [6, 6.07) is 21.1. The maximum absolute atomic E-state index is 11.9. The number of hydrogen-bond acceptors (Lipinski definition) is 5. The number of benzene rings is 3. The number of para-hydroxylation sites is 1. The SMILES string of the molecule is NS(=O)(=O)c1ccccc1N=C(c1ccccc1)c1cccc([N+](=O)[O-])c1. The molecule has 8 heteroatoms. The van der Waals surface area contributed by atoms with Gasteiger partial charge in [-0.2, -0.15) is 0 Å². The van der Waals surface area contributed by atoms with Crippen LogP contribution in [0.3, 0.4) is 0 Å². The van der Waals surface area contributed by atoms with Crippen LogP contribution >= 0.6 is 0 Å². The van der Waals surface area contributed by atoms with Crippen molar-refractivity contribution in [1.82, 2.24) is 0 Å². The summed E-state index contributed by atoms with van der Waals surface area (Å²) in [6.45, 7) is 0. The standard InChI is InChI=1S/C19H15N3O4S/c20-27(25,26)18-12-5-4-11-17(18)21-19(14-7-2-1-3-8-14)15-9-6-10-16(13-15)22(23)24/h1-13H,(H2,20,25,26). The monoisotopic (exact) mass is 381 g/mol. The number of hydrogen-bond donors (Lipinski definition) is 1. The van der Waals surface area contributed by atoms with E-state index in [9.17, 15) is 18.5 Å². The summed E-state index contributed by atoms with van der Waals surface area (Å²) < 4.78 is 23.7. The zero-order valence-corrected chi connectivity index (χ0v) is 14.8. The molecular weight excluding hydrogens is 366 g/mol. The normalized spacial score (nSPS) is 12.0. The first kappa shape index (κ1) is 18.4. The highest BCUT2D eigenvalue weighted by Gasteiger charge is 2.16. The first-order chi connectivity index (χ1) is 12.9. The Morgan fingerprint density at radius 2 is 1.52 bits per heavy atom. The molecule has 0 aliphatic rings. The van der Waals surface area contributed by atoms with Gasteiger partial charge in [0.1, 0.15) is 4.90 Å². The number of primary sulfonamides is 1. The van der Waals surface area contributed by atoms with E-state index in [1.54, 1.807) is 48.5 Å². The second-order valence-electron chi connectivity index (χ2n) is 5.65. The van der Waals surface area contributed by atoms with E-state index in [1.807, 2.05) is 6.07 Å². The number of sulfonamides is 1. The molecule has 0 spiro atoms. The molecule has 3 aromatic rings. The lowest BCUT2D eigenvalue weighted by Crippen LogP contribution is -2.12. The molecule has 7 nitrogen and oxygen atoms in total. The molecule has 0 saturated heterocycles. The van der Waals surface area contributed by atoms with E-state index in [1.165, 1.54) is 24.3 Å². The molecule has 0 radical (unpaired) electrons. The number of nitro groups is 1. The molecular formula is C19H15N3O4S. The minimum absolute atomic E-state index is 0.0872. The zero-order chi connectivity index (χ0) is 19.4. The Hall–Kier alpha value is -3.36. The van der Waals surface area contributed by atoms with Gasteiger partial charge < -0.3 is 0 Å². The van der Waals surface area contributed by atoms with Gasteiger partial charge in [0, 0.05) is 23.3 Å². The summed E-state index contributed by atoms with van der Waals surface area (Å²) in [4.78, 5) is 15.0. The van der Waals surface area contributed by atoms with E-state index in [4.69, 9.17) is 5.14 Å². The van der Waals surface area contributed by atoms with Crippen molar-refractivity contribution in [2.75, 3.05) is 0 Å². The molecule has 0 unspecified atom stereocenters. The smallest absolute Gasteiger partial charge is 0.258 e. The van der Waals surface area contributed by atoms with Crippen molar-refractivity contribution in [3.05, 3.63) is 100 Å². The first-order valence-electron chi connectivity index (χ1n) is 7.87. The number of nitrogens with zero attached hydrogens (tertiary/aromatic N) is 2. The fourth-order valence-electron chi connectivity index (χ4n) is 2.57. The fraction of sp³-hybridized carbons (Fsp3) is 0. The van der Waals surface area contributed by atoms with Gasteiger partial charge in [-0.05, 0) is 12.1 Å². The van der Waals surface area contributed by atoms with E-state index in [2.05, 4.69) is 4.99 Å². The molecule has 0 heterocycles. The van der Waals surface area contributed by atoms with Crippen molar-refractivity contribution in [3.8, 4) is 0 Å². The molecule has 3 aromatic carbocycles. The highest BCUT2D eigenvalue weighted by molar-refractivity contribution is 7.89. The second-order valence-corrected chi connectivity index (χ2v) is 7.18. The van der Waals surface area contributed by atoms with Gasteiger partial charge >= 0.3 is 0 Å². The summed E-state index contributed by atoms with van der Waals surface area (Å²) in [7, 11) is -3.98. The third-order valence-corrected chi connectivity index (χ3v) is 4.74. The van der Waals surface area contributed by atoms with Crippen molar-refractivity contribution in [2.45, 2.75) is 4.90 Å². The number of nitrogens with two attached hydrogens (primary N) is 1. The van der Waals surface area contributed by atoms with E-state index >= 15 is 0 Å². The predicted octanol–water partition coefficient (Wildman–Crippen LogP) is 3.41. The Morgan fingerprint density at radius 1 is 0.889 bits per heavy atom. The Labute approximate surface area is 156 Å². The number of rotatable bonds is 5. The molecule has 27 heavy (non-hydrogen) atoms. The van der Waals surface area contributed by atoms with Gasteiger partial charge in [-0.1, -0.05) is 54.6 Å². The molecule has 0 aliphatic carbocycles. The number of nitro benzene ring substituents is 1. The topological polar surface area (TPSA) is 116 Å². The molecule has 0 aliphatic heterocycles. The number of non-ortho nitro benzene ring substituents is 1. The average molecular weight is 381 g/mol. The third kappa shape index (κ3) is 4.25. The van der Waals surface area contributed by atoms with Crippen LogP contribution in [0.1, 0.15) is 11.1 Å². The van der Waals surface area contributed by atoms with Gasteiger partial charge in [-0.25, -0.2) is 18.5 Å². The van der Waals surface area contributed by atoms with Crippen LogP contribution in [-0.4, -0.2) is 19.1 Å². The van der Waals surface area contributed by atoms with E-state index in [0.717, 1.165) is 0 Å². The molecule has 0 fully saturated rings. The molecule has 136 valence electrons. The van der Waals surface area contributed by atoms with Crippen molar-refractivity contribution in [1.29, 1.82) is 0 Å². The van der Waals surface area contributed by atoms with Crippen LogP contribution in [0.5, 0.6) is 0 Å². The Balaban J connectivity index is 2.26. The quantitative estimate of drug-likeness (QED) is 0.414. The predicted molar refractivity (Wildman–Crippen MR) is 103 cm³/mol. The van der Waals surface area contributed by atoms with Crippen LogP contribution in [0.2, 0.25) is 0 Å². The highest BCUT2D eigenvalue weighted by Crippen LogP contribution is 2.26. The van der Waals surface area contributed by atoms with Gasteiger partial charge in [0.25, 0.3) is 5.69 Å². The van der Waals surface area contributed by atoms with Crippen LogP contribution in [0, 0.1) is 10.1 Å². The largest absolute Gasteiger partial charge is 0.270 e. The van der Waals surface area contributed by atoms with Crippen molar-refractivity contribution in [3.63, 3.8) is 0 Å². The lowest BCUT2D eigenvalue weighted by molar-refractivity contribution is -0.384.